The molecular formula is C11H10F2N2O2. The summed E-state index contributed by atoms with van der Waals surface area (Å²) >= 11 is 0. The largest absolute Gasteiger partial charge is 0.497 e. The average molecular weight is 240 g/mol. The van der Waals surface area contributed by atoms with Crippen LogP contribution in [0.3, 0.4) is 0 Å². The lowest BCUT2D eigenvalue weighted by Gasteiger charge is -2.08. The summed E-state index contributed by atoms with van der Waals surface area (Å²) in [4.78, 5) is 0. The number of rotatable bonds is 3. The van der Waals surface area contributed by atoms with E-state index in [1.165, 1.54) is 31.4 Å². The number of anilines is 1. The van der Waals surface area contributed by atoms with E-state index in [1.807, 2.05) is 0 Å². The van der Waals surface area contributed by atoms with Crippen molar-refractivity contribution < 1.29 is 18.0 Å². The Kier molecular flexibility index (Phi) is 2.95. The molecule has 1 heterocycles. The van der Waals surface area contributed by atoms with Gasteiger partial charge in [-0.15, -0.1) is 0 Å². The van der Waals surface area contributed by atoms with E-state index >= 15 is 0 Å². The zero-order valence-corrected chi connectivity index (χ0v) is 8.98. The maximum atomic E-state index is 12.8. The summed E-state index contributed by atoms with van der Waals surface area (Å²) in [6, 6.07) is 5.62. The predicted octanol–water partition coefficient (Wildman–Crippen LogP) is 2.87. The summed E-state index contributed by atoms with van der Waals surface area (Å²) in [5.41, 5.74) is 5.74. The van der Waals surface area contributed by atoms with E-state index in [4.69, 9.17) is 10.5 Å². The topological polar surface area (TPSA) is 61.3 Å². The van der Waals surface area contributed by atoms with E-state index in [2.05, 4.69) is 9.68 Å². The van der Waals surface area contributed by atoms with Gasteiger partial charge in [0.15, 0.2) is 0 Å². The molecule has 17 heavy (non-hydrogen) atoms. The number of nitrogen functional groups attached to an aromatic ring is 1. The second-order valence-corrected chi connectivity index (χ2v) is 3.37. The summed E-state index contributed by atoms with van der Waals surface area (Å²) in [5, 5.41) is 3.62. The monoisotopic (exact) mass is 240 g/mol. The van der Waals surface area contributed by atoms with Crippen molar-refractivity contribution in [3.8, 4) is 17.0 Å². The molecule has 0 aliphatic carbocycles. The number of alkyl halides is 2. The van der Waals surface area contributed by atoms with E-state index in [0.717, 1.165) is 0 Å². The fourth-order valence-electron chi connectivity index (χ4n) is 1.49. The Hall–Kier alpha value is -2.11. The van der Waals surface area contributed by atoms with Gasteiger partial charge in [-0.2, -0.15) is 0 Å². The second kappa shape index (κ2) is 4.40. The number of halogens is 2. The molecule has 0 bridgehead atoms. The van der Waals surface area contributed by atoms with Gasteiger partial charge in [-0.25, -0.2) is 8.78 Å². The molecule has 0 aliphatic rings. The molecule has 0 amide bonds. The highest BCUT2D eigenvalue weighted by Crippen LogP contribution is 2.33. The zero-order chi connectivity index (χ0) is 12.4. The fraction of sp³-hybridized carbons (Fsp3) is 0.182. The van der Waals surface area contributed by atoms with Gasteiger partial charge in [-0.3, -0.25) is 0 Å². The Balaban J connectivity index is 2.56. The Morgan fingerprint density at radius 2 is 2.12 bits per heavy atom. The zero-order valence-electron chi connectivity index (χ0n) is 8.98. The van der Waals surface area contributed by atoms with Crippen molar-refractivity contribution in [1.82, 2.24) is 5.16 Å². The van der Waals surface area contributed by atoms with Crippen molar-refractivity contribution in [2.45, 2.75) is 6.43 Å². The molecule has 2 rings (SSSR count). The van der Waals surface area contributed by atoms with Crippen LogP contribution >= 0.6 is 0 Å². The summed E-state index contributed by atoms with van der Waals surface area (Å²) < 4.78 is 35.3. The molecule has 4 nitrogen and oxygen atoms in total. The number of nitrogens with zero attached hydrogens (tertiary/aromatic N) is 1. The third kappa shape index (κ3) is 2.20. The van der Waals surface area contributed by atoms with Crippen LogP contribution in [0, 0.1) is 0 Å². The number of nitrogens with two attached hydrogens (primary N) is 1. The van der Waals surface area contributed by atoms with Gasteiger partial charge in [0, 0.05) is 17.2 Å². The minimum absolute atomic E-state index is 0.0723. The quantitative estimate of drug-likeness (QED) is 0.896. The van der Waals surface area contributed by atoms with E-state index in [-0.39, 0.29) is 22.7 Å². The normalized spacial score (nSPS) is 10.8. The van der Waals surface area contributed by atoms with Crippen LogP contribution in [0.25, 0.3) is 11.3 Å². The summed E-state index contributed by atoms with van der Waals surface area (Å²) in [6.07, 6.45) is -2.60. The molecule has 2 aromatic rings. The summed E-state index contributed by atoms with van der Waals surface area (Å²) in [5.74, 6) is 0.536. The van der Waals surface area contributed by atoms with E-state index in [1.54, 1.807) is 0 Å². The molecule has 6 heteroatoms. The molecular weight excluding hydrogens is 230 g/mol. The second-order valence-electron chi connectivity index (χ2n) is 3.37. The summed E-state index contributed by atoms with van der Waals surface area (Å²) in [6.45, 7) is 0. The molecule has 0 unspecified atom stereocenters. The molecule has 1 aromatic carbocycles. The van der Waals surface area contributed by atoms with Crippen molar-refractivity contribution in [1.29, 1.82) is 0 Å². The van der Waals surface area contributed by atoms with Gasteiger partial charge in [0.1, 0.15) is 11.4 Å². The molecule has 0 atom stereocenters. The van der Waals surface area contributed by atoms with Gasteiger partial charge in [0.2, 0.25) is 5.88 Å². The predicted molar refractivity (Wildman–Crippen MR) is 57.9 cm³/mol. The van der Waals surface area contributed by atoms with Gasteiger partial charge in [-0.05, 0) is 18.2 Å². The molecule has 0 saturated heterocycles. The highest BCUT2D eigenvalue weighted by Gasteiger charge is 2.17. The average Bonchev–Trinajstić information content (AvgIpc) is 2.75. The van der Waals surface area contributed by atoms with Crippen LogP contribution in [0.1, 0.15) is 12.0 Å². The number of hydrogen-bond donors (Lipinski definition) is 1. The van der Waals surface area contributed by atoms with Crippen molar-refractivity contribution in [3.05, 3.63) is 29.8 Å². The first kappa shape index (κ1) is 11.4. The molecule has 0 aliphatic heterocycles. The van der Waals surface area contributed by atoms with Gasteiger partial charge in [-0.1, -0.05) is 5.16 Å². The SMILES string of the molecule is COc1ccc(C(F)F)c(-c2cc(N)on2)c1. The highest BCUT2D eigenvalue weighted by molar-refractivity contribution is 5.67. The first-order valence-corrected chi connectivity index (χ1v) is 4.80. The molecule has 0 saturated carbocycles. The van der Waals surface area contributed by atoms with Crippen molar-refractivity contribution in [3.63, 3.8) is 0 Å². The number of hydrogen-bond acceptors (Lipinski definition) is 4. The van der Waals surface area contributed by atoms with Crippen LogP contribution in [0.4, 0.5) is 14.7 Å². The van der Waals surface area contributed by atoms with Crippen molar-refractivity contribution in [2.75, 3.05) is 12.8 Å². The van der Waals surface area contributed by atoms with Crippen LogP contribution in [-0.2, 0) is 0 Å². The minimum atomic E-state index is -2.60. The number of ether oxygens (including phenoxy) is 1. The smallest absolute Gasteiger partial charge is 0.264 e. The lowest BCUT2D eigenvalue weighted by atomic mass is 10.0. The van der Waals surface area contributed by atoms with Crippen LogP contribution in [0.15, 0.2) is 28.8 Å². The Bertz CT molecular complexity index is 526. The van der Waals surface area contributed by atoms with Crippen LogP contribution in [0.5, 0.6) is 5.75 Å². The molecule has 0 spiro atoms. The van der Waals surface area contributed by atoms with E-state index in [9.17, 15) is 8.78 Å². The lowest BCUT2D eigenvalue weighted by Crippen LogP contribution is -1.92. The van der Waals surface area contributed by atoms with Crippen LogP contribution < -0.4 is 10.5 Å². The highest BCUT2D eigenvalue weighted by atomic mass is 19.3. The minimum Gasteiger partial charge on any atom is -0.497 e. The molecule has 0 radical (unpaired) electrons. The first-order chi connectivity index (χ1) is 8.11. The molecule has 1 aromatic heterocycles. The first-order valence-electron chi connectivity index (χ1n) is 4.80. The van der Waals surface area contributed by atoms with Gasteiger partial charge in [0.05, 0.1) is 7.11 Å². The molecule has 90 valence electrons. The number of aromatic nitrogens is 1. The summed E-state index contributed by atoms with van der Waals surface area (Å²) in [7, 11) is 1.46. The number of benzene rings is 1. The molecule has 0 fully saturated rings. The standard InChI is InChI=1S/C11H10F2N2O2/c1-16-6-2-3-7(11(12)13)8(4-6)9-5-10(14)17-15-9/h2-5,11H,14H2,1H3. The van der Waals surface area contributed by atoms with Crippen molar-refractivity contribution in [2.24, 2.45) is 0 Å². The van der Waals surface area contributed by atoms with Gasteiger partial charge in [0.25, 0.3) is 6.43 Å². The fourth-order valence-corrected chi connectivity index (χ4v) is 1.49. The maximum Gasteiger partial charge on any atom is 0.264 e. The lowest BCUT2D eigenvalue weighted by molar-refractivity contribution is 0.152. The van der Waals surface area contributed by atoms with E-state index in [0.29, 0.717) is 5.75 Å². The van der Waals surface area contributed by atoms with Crippen LogP contribution in [-0.4, -0.2) is 12.3 Å². The third-order valence-corrected chi connectivity index (χ3v) is 2.30. The van der Waals surface area contributed by atoms with Crippen molar-refractivity contribution >= 4 is 5.88 Å². The number of methoxy groups -OCH3 is 1. The van der Waals surface area contributed by atoms with E-state index < -0.39 is 6.43 Å². The Morgan fingerprint density at radius 3 is 2.65 bits per heavy atom. The Labute approximate surface area is 96.0 Å². The van der Waals surface area contributed by atoms with Gasteiger partial charge < -0.3 is 15.0 Å². The van der Waals surface area contributed by atoms with Crippen LogP contribution in [0.2, 0.25) is 0 Å². The molecule has 2 N–H and O–H groups in total. The Morgan fingerprint density at radius 1 is 1.35 bits per heavy atom. The maximum absolute atomic E-state index is 12.8. The van der Waals surface area contributed by atoms with Gasteiger partial charge >= 0.3 is 0 Å². The third-order valence-electron chi connectivity index (χ3n) is 2.30.